The lowest BCUT2D eigenvalue weighted by Gasteiger charge is -2.20. The van der Waals surface area contributed by atoms with Crippen molar-refractivity contribution in [1.29, 1.82) is 0 Å². The van der Waals surface area contributed by atoms with Crippen molar-refractivity contribution in [2.45, 2.75) is 25.4 Å². The first-order chi connectivity index (χ1) is 15.0. The molecule has 3 aromatic rings. The van der Waals surface area contributed by atoms with Crippen LogP contribution < -0.4 is 5.32 Å². The first-order valence-electron chi connectivity index (χ1n) is 10.6. The van der Waals surface area contributed by atoms with Crippen LogP contribution in [0.15, 0.2) is 54.6 Å². The molecule has 0 radical (unpaired) electrons. The molecular weight excluding hydrogens is 418 g/mol. The van der Waals surface area contributed by atoms with Crippen LogP contribution in [0.2, 0.25) is 5.02 Å². The molecule has 2 aromatic carbocycles. The topological polar surface area (TPSA) is 41.0 Å². The van der Waals surface area contributed by atoms with Crippen molar-refractivity contribution in [2.75, 3.05) is 18.4 Å². The van der Waals surface area contributed by atoms with E-state index in [9.17, 15) is 8.78 Å². The standard InChI is InChI=1S/C24H23ClF2N4/c25-22-6-5-19(27)11-21(22)23-7-8-24(30-29-23)28-20-9-16-13-31(14-17(16)10-20)12-15-1-3-18(26)4-2-15/h1-8,11,16-17,20H,9-10,12-14H2,(H,28,30)/t16-,17+,20+. The Labute approximate surface area is 185 Å². The van der Waals surface area contributed by atoms with Crippen LogP contribution in [0.4, 0.5) is 14.6 Å². The number of aromatic nitrogens is 2. The largest absolute Gasteiger partial charge is 0.366 e. The number of rotatable bonds is 5. The average Bonchev–Trinajstić information content (AvgIpc) is 3.30. The van der Waals surface area contributed by atoms with Crippen molar-refractivity contribution in [3.05, 3.63) is 76.8 Å². The van der Waals surface area contributed by atoms with Gasteiger partial charge in [-0.05, 0) is 72.7 Å². The summed E-state index contributed by atoms with van der Waals surface area (Å²) in [5, 5.41) is 12.5. The van der Waals surface area contributed by atoms with Gasteiger partial charge in [0.25, 0.3) is 0 Å². The van der Waals surface area contributed by atoms with Gasteiger partial charge >= 0.3 is 0 Å². The Morgan fingerprint density at radius 3 is 2.29 bits per heavy atom. The van der Waals surface area contributed by atoms with Crippen LogP contribution >= 0.6 is 11.6 Å². The second kappa shape index (κ2) is 8.52. The van der Waals surface area contributed by atoms with Gasteiger partial charge in [-0.15, -0.1) is 10.2 Å². The molecule has 7 heteroatoms. The van der Waals surface area contributed by atoms with Crippen molar-refractivity contribution < 1.29 is 8.78 Å². The maximum absolute atomic E-state index is 13.5. The van der Waals surface area contributed by atoms with Gasteiger partial charge in [0.15, 0.2) is 0 Å². The van der Waals surface area contributed by atoms with E-state index in [-0.39, 0.29) is 11.6 Å². The molecule has 2 aliphatic rings. The molecule has 1 saturated heterocycles. The number of benzene rings is 2. The van der Waals surface area contributed by atoms with Crippen LogP contribution in [0.5, 0.6) is 0 Å². The molecule has 1 aliphatic carbocycles. The molecular formula is C24H23ClF2N4. The second-order valence-electron chi connectivity index (χ2n) is 8.58. The van der Waals surface area contributed by atoms with E-state index in [1.54, 1.807) is 0 Å². The highest BCUT2D eigenvalue weighted by Crippen LogP contribution is 2.39. The van der Waals surface area contributed by atoms with Crippen molar-refractivity contribution in [3.63, 3.8) is 0 Å². The Balaban J connectivity index is 1.16. The van der Waals surface area contributed by atoms with Gasteiger partial charge in [-0.2, -0.15) is 0 Å². The number of anilines is 1. The third kappa shape index (κ3) is 4.55. The molecule has 31 heavy (non-hydrogen) atoms. The van der Waals surface area contributed by atoms with Crippen LogP contribution in [-0.2, 0) is 6.54 Å². The Morgan fingerprint density at radius 1 is 0.903 bits per heavy atom. The van der Waals surface area contributed by atoms with Crippen LogP contribution in [0, 0.1) is 23.5 Å². The highest BCUT2D eigenvalue weighted by Gasteiger charge is 2.40. The molecule has 160 valence electrons. The first kappa shape index (κ1) is 20.3. The number of nitrogens with one attached hydrogen (secondary N) is 1. The van der Waals surface area contributed by atoms with Gasteiger partial charge in [0.1, 0.15) is 17.5 Å². The molecule has 0 unspecified atom stereocenters. The van der Waals surface area contributed by atoms with Gasteiger partial charge < -0.3 is 5.32 Å². The minimum atomic E-state index is -0.352. The van der Waals surface area contributed by atoms with Gasteiger partial charge in [0.05, 0.1) is 10.7 Å². The molecule has 5 rings (SSSR count). The summed E-state index contributed by atoms with van der Waals surface area (Å²) in [4.78, 5) is 2.47. The van der Waals surface area contributed by atoms with Crippen molar-refractivity contribution in [1.82, 2.24) is 15.1 Å². The summed E-state index contributed by atoms with van der Waals surface area (Å²) in [7, 11) is 0. The number of hydrogen-bond donors (Lipinski definition) is 1. The number of likely N-dealkylation sites (tertiary alicyclic amines) is 1. The second-order valence-corrected chi connectivity index (χ2v) is 8.99. The van der Waals surface area contributed by atoms with E-state index in [2.05, 4.69) is 20.4 Å². The molecule has 3 atom stereocenters. The molecule has 0 spiro atoms. The summed E-state index contributed by atoms with van der Waals surface area (Å²) in [6.45, 7) is 3.02. The van der Waals surface area contributed by atoms with E-state index in [0.717, 1.165) is 43.9 Å². The smallest absolute Gasteiger partial charge is 0.148 e. The summed E-state index contributed by atoms with van der Waals surface area (Å²) in [5.74, 6) is 1.51. The highest BCUT2D eigenvalue weighted by atomic mass is 35.5. The molecule has 0 amide bonds. The fourth-order valence-electron chi connectivity index (χ4n) is 4.95. The fraction of sp³-hybridized carbons (Fsp3) is 0.333. The van der Waals surface area contributed by atoms with Gasteiger partial charge in [0.2, 0.25) is 0 Å². The monoisotopic (exact) mass is 440 g/mol. The fourth-order valence-corrected chi connectivity index (χ4v) is 5.16. The molecule has 2 heterocycles. The van der Waals surface area contributed by atoms with Gasteiger partial charge in [0, 0.05) is 31.2 Å². The number of fused-ring (bicyclic) bond motifs is 1. The molecule has 1 N–H and O–H groups in total. The van der Waals surface area contributed by atoms with Crippen molar-refractivity contribution in [3.8, 4) is 11.3 Å². The maximum Gasteiger partial charge on any atom is 0.148 e. The van der Waals surface area contributed by atoms with Gasteiger partial charge in [-0.3, -0.25) is 4.90 Å². The molecule has 1 saturated carbocycles. The van der Waals surface area contributed by atoms with E-state index < -0.39 is 0 Å². The lowest BCUT2D eigenvalue weighted by molar-refractivity contribution is 0.301. The van der Waals surface area contributed by atoms with E-state index in [1.165, 1.54) is 30.3 Å². The molecule has 2 fully saturated rings. The average molecular weight is 441 g/mol. The summed E-state index contributed by atoms with van der Waals surface area (Å²) in [5.41, 5.74) is 2.25. The van der Waals surface area contributed by atoms with E-state index in [0.29, 0.717) is 34.2 Å². The van der Waals surface area contributed by atoms with Crippen LogP contribution in [-0.4, -0.2) is 34.2 Å². The SMILES string of the molecule is Fc1ccc(CN2C[C@H]3C[C@H](Nc4ccc(-c5cc(F)ccc5Cl)nn4)C[C@H]3C2)cc1. The minimum Gasteiger partial charge on any atom is -0.366 e. The zero-order valence-corrected chi connectivity index (χ0v) is 17.7. The summed E-state index contributed by atoms with van der Waals surface area (Å²) < 4.78 is 26.6. The Hall–Kier alpha value is -2.57. The number of nitrogens with zero attached hydrogens (tertiary/aromatic N) is 3. The summed E-state index contributed by atoms with van der Waals surface area (Å²) in [6, 6.07) is 15.1. The molecule has 0 bridgehead atoms. The first-order valence-corrected chi connectivity index (χ1v) is 10.9. The van der Waals surface area contributed by atoms with Gasteiger partial charge in [-0.1, -0.05) is 23.7 Å². The summed E-state index contributed by atoms with van der Waals surface area (Å²) in [6.07, 6.45) is 2.20. The number of halogens is 3. The van der Waals surface area contributed by atoms with E-state index >= 15 is 0 Å². The zero-order chi connectivity index (χ0) is 21.4. The summed E-state index contributed by atoms with van der Waals surface area (Å²) >= 11 is 6.16. The van der Waals surface area contributed by atoms with E-state index in [1.807, 2.05) is 24.3 Å². The van der Waals surface area contributed by atoms with Crippen LogP contribution in [0.1, 0.15) is 18.4 Å². The molecule has 1 aromatic heterocycles. The third-order valence-electron chi connectivity index (χ3n) is 6.37. The predicted octanol–water partition coefficient (Wildman–Crippen LogP) is 5.40. The molecule has 4 nitrogen and oxygen atoms in total. The Bertz CT molecular complexity index is 1040. The Kier molecular flexibility index (Phi) is 5.59. The minimum absolute atomic E-state index is 0.189. The third-order valence-corrected chi connectivity index (χ3v) is 6.70. The lowest BCUT2D eigenvalue weighted by atomic mass is 10.0. The predicted molar refractivity (Wildman–Crippen MR) is 118 cm³/mol. The molecule has 1 aliphatic heterocycles. The lowest BCUT2D eigenvalue weighted by Crippen LogP contribution is -2.25. The normalized spacial score (nSPS) is 23.1. The zero-order valence-electron chi connectivity index (χ0n) is 16.9. The van der Waals surface area contributed by atoms with E-state index in [4.69, 9.17) is 11.6 Å². The highest BCUT2D eigenvalue weighted by molar-refractivity contribution is 6.33. The van der Waals surface area contributed by atoms with Gasteiger partial charge in [-0.25, -0.2) is 8.78 Å². The van der Waals surface area contributed by atoms with Crippen LogP contribution in [0.3, 0.4) is 0 Å². The van der Waals surface area contributed by atoms with Crippen molar-refractivity contribution in [2.24, 2.45) is 11.8 Å². The van der Waals surface area contributed by atoms with Crippen LogP contribution in [0.25, 0.3) is 11.3 Å². The quantitative estimate of drug-likeness (QED) is 0.577. The maximum atomic E-state index is 13.5. The number of hydrogen-bond acceptors (Lipinski definition) is 4. The van der Waals surface area contributed by atoms with Crippen molar-refractivity contribution >= 4 is 17.4 Å². The Morgan fingerprint density at radius 2 is 1.61 bits per heavy atom.